The SMILES string of the molecule is Cc1cc(C(C)(C)C)ccc1OCC(O)CN1CCC(CO)C1. The van der Waals surface area contributed by atoms with Gasteiger partial charge in [0.15, 0.2) is 0 Å². The Morgan fingerprint density at radius 3 is 2.65 bits per heavy atom. The third kappa shape index (κ3) is 5.20. The van der Waals surface area contributed by atoms with Crippen molar-refractivity contribution in [2.45, 2.75) is 45.6 Å². The number of hydrogen-bond donors (Lipinski definition) is 2. The molecule has 0 saturated carbocycles. The molecule has 1 fully saturated rings. The average Bonchev–Trinajstić information content (AvgIpc) is 2.92. The summed E-state index contributed by atoms with van der Waals surface area (Å²) in [4.78, 5) is 2.20. The van der Waals surface area contributed by atoms with Crippen LogP contribution in [0, 0.1) is 12.8 Å². The Bertz CT molecular complexity index is 510. The summed E-state index contributed by atoms with van der Waals surface area (Å²) in [6.07, 6.45) is 0.506. The molecule has 0 amide bonds. The van der Waals surface area contributed by atoms with Gasteiger partial charge in [0.1, 0.15) is 18.5 Å². The van der Waals surface area contributed by atoms with Crippen LogP contribution < -0.4 is 4.74 Å². The van der Waals surface area contributed by atoms with Gasteiger partial charge in [-0.1, -0.05) is 32.9 Å². The first-order valence-electron chi connectivity index (χ1n) is 8.55. The molecule has 1 aromatic carbocycles. The Morgan fingerprint density at radius 1 is 1.35 bits per heavy atom. The molecule has 1 saturated heterocycles. The minimum atomic E-state index is -0.505. The van der Waals surface area contributed by atoms with Gasteiger partial charge in [0.25, 0.3) is 0 Å². The largest absolute Gasteiger partial charge is 0.491 e. The van der Waals surface area contributed by atoms with Gasteiger partial charge in [-0.15, -0.1) is 0 Å². The highest BCUT2D eigenvalue weighted by Crippen LogP contribution is 2.27. The lowest BCUT2D eigenvalue weighted by Gasteiger charge is -2.22. The van der Waals surface area contributed by atoms with Crippen LogP contribution in [0.3, 0.4) is 0 Å². The average molecular weight is 321 g/mol. The topological polar surface area (TPSA) is 52.9 Å². The van der Waals surface area contributed by atoms with Gasteiger partial charge in [0, 0.05) is 19.7 Å². The summed E-state index contributed by atoms with van der Waals surface area (Å²) >= 11 is 0. The zero-order valence-electron chi connectivity index (χ0n) is 14.9. The van der Waals surface area contributed by atoms with Crippen LogP contribution in [0.2, 0.25) is 0 Å². The molecule has 0 radical (unpaired) electrons. The number of aryl methyl sites for hydroxylation is 1. The first-order valence-corrected chi connectivity index (χ1v) is 8.55. The number of aliphatic hydroxyl groups is 2. The lowest BCUT2D eigenvalue weighted by molar-refractivity contribution is 0.0732. The summed E-state index contributed by atoms with van der Waals surface area (Å²) in [6.45, 7) is 11.6. The van der Waals surface area contributed by atoms with Crippen LogP contribution in [0.15, 0.2) is 18.2 Å². The number of benzene rings is 1. The molecule has 4 heteroatoms. The molecule has 1 aromatic rings. The second-order valence-electron chi connectivity index (χ2n) is 7.79. The second kappa shape index (κ2) is 7.65. The molecule has 23 heavy (non-hydrogen) atoms. The van der Waals surface area contributed by atoms with Crippen LogP contribution in [0.25, 0.3) is 0 Å². The fourth-order valence-electron chi connectivity index (χ4n) is 3.04. The number of likely N-dealkylation sites (tertiary alicyclic amines) is 1. The molecule has 2 atom stereocenters. The molecule has 0 aromatic heterocycles. The second-order valence-corrected chi connectivity index (χ2v) is 7.79. The van der Waals surface area contributed by atoms with E-state index in [-0.39, 0.29) is 12.0 Å². The van der Waals surface area contributed by atoms with Gasteiger partial charge >= 0.3 is 0 Å². The van der Waals surface area contributed by atoms with E-state index < -0.39 is 6.10 Å². The first-order chi connectivity index (χ1) is 10.8. The van der Waals surface area contributed by atoms with E-state index >= 15 is 0 Å². The van der Waals surface area contributed by atoms with Crippen molar-refractivity contribution in [3.8, 4) is 5.75 Å². The quantitative estimate of drug-likeness (QED) is 0.844. The van der Waals surface area contributed by atoms with Crippen LogP contribution in [0.1, 0.15) is 38.3 Å². The Balaban J connectivity index is 1.83. The van der Waals surface area contributed by atoms with Crippen molar-refractivity contribution in [3.05, 3.63) is 29.3 Å². The molecule has 1 heterocycles. The van der Waals surface area contributed by atoms with Crippen molar-refractivity contribution in [1.82, 2.24) is 4.90 Å². The molecule has 0 aliphatic carbocycles. The predicted molar refractivity (Wildman–Crippen MR) is 93.0 cm³/mol. The summed E-state index contributed by atoms with van der Waals surface area (Å²) in [5, 5.41) is 19.3. The van der Waals surface area contributed by atoms with Gasteiger partial charge in [-0.3, -0.25) is 0 Å². The third-order valence-electron chi connectivity index (χ3n) is 4.57. The minimum Gasteiger partial charge on any atom is -0.491 e. The molecule has 0 bridgehead atoms. The van der Waals surface area contributed by atoms with Gasteiger partial charge in [-0.25, -0.2) is 0 Å². The van der Waals surface area contributed by atoms with Crippen LogP contribution in [0.5, 0.6) is 5.75 Å². The summed E-state index contributed by atoms with van der Waals surface area (Å²) in [6, 6.07) is 6.26. The number of ether oxygens (including phenoxy) is 1. The van der Waals surface area contributed by atoms with E-state index in [9.17, 15) is 5.11 Å². The predicted octanol–water partition coefficient (Wildman–Crippen LogP) is 2.35. The van der Waals surface area contributed by atoms with Gasteiger partial charge in [0.2, 0.25) is 0 Å². The minimum absolute atomic E-state index is 0.127. The first kappa shape index (κ1) is 18.2. The maximum Gasteiger partial charge on any atom is 0.122 e. The maximum atomic E-state index is 10.2. The van der Waals surface area contributed by atoms with E-state index in [2.05, 4.69) is 37.8 Å². The maximum absolute atomic E-state index is 10.2. The third-order valence-corrected chi connectivity index (χ3v) is 4.57. The highest BCUT2D eigenvalue weighted by molar-refractivity contribution is 5.38. The van der Waals surface area contributed by atoms with E-state index in [0.717, 1.165) is 30.8 Å². The van der Waals surface area contributed by atoms with Crippen LogP contribution in [-0.4, -0.2) is 54.1 Å². The summed E-state index contributed by atoms with van der Waals surface area (Å²) in [5.41, 5.74) is 2.52. The summed E-state index contributed by atoms with van der Waals surface area (Å²) in [5.74, 6) is 1.20. The monoisotopic (exact) mass is 321 g/mol. The Morgan fingerprint density at radius 2 is 2.09 bits per heavy atom. The number of aliphatic hydroxyl groups excluding tert-OH is 2. The summed E-state index contributed by atoms with van der Waals surface area (Å²) in [7, 11) is 0. The van der Waals surface area contributed by atoms with E-state index in [1.165, 1.54) is 5.56 Å². The molecule has 2 rings (SSSR count). The Kier molecular flexibility index (Phi) is 6.06. The number of hydrogen-bond acceptors (Lipinski definition) is 4. The molecule has 130 valence electrons. The summed E-state index contributed by atoms with van der Waals surface area (Å²) < 4.78 is 5.80. The van der Waals surface area contributed by atoms with E-state index in [1.807, 2.05) is 13.0 Å². The Labute approximate surface area is 140 Å². The van der Waals surface area contributed by atoms with Crippen molar-refractivity contribution in [3.63, 3.8) is 0 Å². The van der Waals surface area contributed by atoms with E-state index in [4.69, 9.17) is 9.84 Å². The molecule has 4 nitrogen and oxygen atoms in total. The molecule has 0 spiro atoms. The highest BCUT2D eigenvalue weighted by Gasteiger charge is 2.23. The fourth-order valence-corrected chi connectivity index (χ4v) is 3.04. The number of β-amino-alcohol motifs (C(OH)–C–C–N with tert-alkyl or cyclic N) is 1. The van der Waals surface area contributed by atoms with Crippen molar-refractivity contribution >= 4 is 0 Å². The van der Waals surface area contributed by atoms with E-state index in [0.29, 0.717) is 19.1 Å². The highest BCUT2D eigenvalue weighted by atomic mass is 16.5. The zero-order chi connectivity index (χ0) is 17.0. The Hall–Kier alpha value is -1.10. The molecular weight excluding hydrogens is 290 g/mol. The van der Waals surface area contributed by atoms with Crippen LogP contribution in [0.4, 0.5) is 0 Å². The van der Waals surface area contributed by atoms with Crippen molar-refractivity contribution in [2.24, 2.45) is 5.92 Å². The van der Waals surface area contributed by atoms with Gasteiger partial charge in [-0.2, -0.15) is 0 Å². The van der Waals surface area contributed by atoms with Gasteiger partial charge in [-0.05, 0) is 48.4 Å². The fraction of sp³-hybridized carbons (Fsp3) is 0.684. The van der Waals surface area contributed by atoms with Crippen LogP contribution >= 0.6 is 0 Å². The normalized spacial score (nSPS) is 20.7. The standard InChI is InChI=1S/C19H31NO3/c1-14-9-16(19(2,3)4)5-6-18(14)23-13-17(22)11-20-8-7-15(10-20)12-21/h5-6,9,15,17,21-22H,7-8,10-13H2,1-4H3. The number of rotatable bonds is 6. The molecule has 1 aliphatic heterocycles. The molecule has 2 unspecified atom stereocenters. The van der Waals surface area contributed by atoms with E-state index in [1.54, 1.807) is 0 Å². The van der Waals surface area contributed by atoms with Gasteiger partial charge in [0.05, 0.1) is 0 Å². The molecular formula is C19H31NO3. The van der Waals surface area contributed by atoms with Gasteiger partial charge < -0.3 is 19.8 Å². The zero-order valence-corrected chi connectivity index (χ0v) is 14.9. The number of nitrogens with zero attached hydrogens (tertiary/aromatic N) is 1. The van der Waals surface area contributed by atoms with Crippen molar-refractivity contribution in [1.29, 1.82) is 0 Å². The van der Waals surface area contributed by atoms with Crippen molar-refractivity contribution < 1.29 is 14.9 Å². The van der Waals surface area contributed by atoms with Crippen molar-refractivity contribution in [2.75, 3.05) is 32.8 Å². The molecule has 1 aliphatic rings. The lowest BCUT2D eigenvalue weighted by Crippen LogP contribution is -2.34. The van der Waals surface area contributed by atoms with Crippen LogP contribution in [-0.2, 0) is 5.41 Å². The smallest absolute Gasteiger partial charge is 0.122 e. The lowest BCUT2D eigenvalue weighted by atomic mass is 9.86. The molecule has 2 N–H and O–H groups in total.